The number of pyridine rings is 1. The first-order chi connectivity index (χ1) is 12.5. The summed E-state index contributed by atoms with van der Waals surface area (Å²) in [7, 11) is 0. The standard InChI is InChI=1S/C18H16ClFN4O2/c19-16-8-13(24(25)26)9-22-18(16)23-5-3-11(4-6-23)15-10-21-17-7-12(20)1-2-14(15)17/h1-2,7-11,21H,3-6H2. The molecule has 4 rings (SSSR count). The quantitative estimate of drug-likeness (QED) is 0.535. The van der Waals surface area contributed by atoms with Crippen molar-refractivity contribution in [3.63, 3.8) is 0 Å². The number of halogens is 2. The molecule has 0 aliphatic carbocycles. The summed E-state index contributed by atoms with van der Waals surface area (Å²) >= 11 is 6.19. The lowest BCUT2D eigenvalue weighted by atomic mass is 9.89. The molecule has 3 aromatic rings. The maximum atomic E-state index is 13.4. The summed E-state index contributed by atoms with van der Waals surface area (Å²) in [6, 6.07) is 6.14. The number of benzene rings is 1. The molecule has 0 radical (unpaired) electrons. The second-order valence-corrected chi connectivity index (χ2v) is 6.86. The third-order valence-corrected chi connectivity index (χ3v) is 5.21. The Labute approximate surface area is 153 Å². The number of fused-ring (bicyclic) bond motifs is 1. The van der Waals surface area contributed by atoms with E-state index in [1.807, 2.05) is 12.3 Å². The van der Waals surface area contributed by atoms with Crippen LogP contribution in [0.2, 0.25) is 5.02 Å². The lowest BCUT2D eigenvalue weighted by molar-refractivity contribution is -0.385. The smallest absolute Gasteiger partial charge is 0.289 e. The molecule has 0 amide bonds. The minimum absolute atomic E-state index is 0.111. The van der Waals surface area contributed by atoms with E-state index in [1.165, 1.54) is 30.0 Å². The fourth-order valence-electron chi connectivity index (χ4n) is 3.61. The fourth-order valence-corrected chi connectivity index (χ4v) is 3.89. The van der Waals surface area contributed by atoms with Gasteiger partial charge in [0.1, 0.15) is 17.8 Å². The van der Waals surface area contributed by atoms with Gasteiger partial charge in [-0.2, -0.15) is 0 Å². The molecule has 0 atom stereocenters. The second kappa shape index (κ2) is 6.57. The number of piperidine rings is 1. The molecule has 1 aliphatic heterocycles. The molecule has 1 aromatic carbocycles. The number of H-pyrrole nitrogens is 1. The van der Waals surface area contributed by atoms with Gasteiger partial charge < -0.3 is 9.88 Å². The van der Waals surface area contributed by atoms with Crippen LogP contribution in [0.3, 0.4) is 0 Å². The topological polar surface area (TPSA) is 75.1 Å². The number of rotatable bonds is 3. The van der Waals surface area contributed by atoms with Gasteiger partial charge in [0.2, 0.25) is 0 Å². The van der Waals surface area contributed by atoms with Gasteiger partial charge in [-0.1, -0.05) is 11.6 Å². The van der Waals surface area contributed by atoms with Gasteiger partial charge in [0.15, 0.2) is 0 Å². The van der Waals surface area contributed by atoms with Gasteiger partial charge in [0, 0.05) is 36.3 Å². The van der Waals surface area contributed by atoms with Gasteiger partial charge in [-0.3, -0.25) is 10.1 Å². The van der Waals surface area contributed by atoms with Crippen molar-refractivity contribution in [2.45, 2.75) is 18.8 Å². The zero-order chi connectivity index (χ0) is 18.3. The number of anilines is 1. The molecule has 0 unspecified atom stereocenters. The van der Waals surface area contributed by atoms with E-state index < -0.39 is 4.92 Å². The number of aromatic amines is 1. The normalized spacial score (nSPS) is 15.5. The third-order valence-electron chi connectivity index (χ3n) is 4.93. The molecule has 26 heavy (non-hydrogen) atoms. The highest BCUT2D eigenvalue weighted by Crippen LogP contribution is 2.36. The fraction of sp³-hybridized carbons (Fsp3) is 0.278. The summed E-state index contributed by atoms with van der Waals surface area (Å²) in [5.74, 6) is 0.693. The number of nitrogens with zero attached hydrogens (tertiary/aromatic N) is 3. The van der Waals surface area contributed by atoms with Crippen LogP contribution in [0.5, 0.6) is 0 Å². The third kappa shape index (κ3) is 2.99. The van der Waals surface area contributed by atoms with E-state index in [1.54, 1.807) is 0 Å². The van der Waals surface area contributed by atoms with Crippen molar-refractivity contribution >= 4 is 34.0 Å². The monoisotopic (exact) mass is 374 g/mol. The SMILES string of the molecule is O=[N+]([O-])c1cnc(N2CCC(c3c[nH]c4cc(F)ccc34)CC2)c(Cl)c1. The van der Waals surface area contributed by atoms with E-state index in [4.69, 9.17) is 11.6 Å². The first kappa shape index (κ1) is 16.8. The second-order valence-electron chi connectivity index (χ2n) is 6.45. The summed E-state index contributed by atoms with van der Waals surface area (Å²) < 4.78 is 13.4. The molecule has 6 nitrogen and oxygen atoms in total. The Morgan fingerprint density at radius 1 is 1.31 bits per heavy atom. The van der Waals surface area contributed by atoms with Crippen molar-refractivity contribution in [3.05, 3.63) is 63.2 Å². The Kier molecular flexibility index (Phi) is 4.24. The molecule has 1 fully saturated rings. The number of nitrogens with one attached hydrogen (secondary N) is 1. The molecule has 3 heterocycles. The molecule has 134 valence electrons. The van der Waals surface area contributed by atoms with Crippen molar-refractivity contribution in [3.8, 4) is 0 Å². The molecule has 8 heteroatoms. The zero-order valence-electron chi connectivity index (χ0n) is 13.8. The predicted octanol–water partition coefficient (Wildman–Crippen LogP) is 4.65. The van der Waals surface area contributed by atoms with E-state index in [0.717, 1.165) is 36.8 Å². The van der Waals surface area contributed by atoms with E-state index in [0.29, 0.717) is 16.8 Å². The highest BCUT2D eigenvalue weighted by Gasteiger charge is 2.25. The van der Waals surface area contributed by atoms with Gasteiger partial charge in [-0.05, 0) is 42.5 Å². The van der Waals surface area contributed by atoms with Crippen molar-refractivity contribution in [2.24, 2.45) is 0 Å². The minimum atomic E-state index is -0.505. The number of hydrogen-bond acceptors (Lipinski definition) is 4. The van der Waals surface area contributed by atoms with Gasteiger partial charge in [0.05, 0.1) is 9.95 Å². The molecule has 1 N–H and O–H groups in total. The molecular weight excluding hydrogens is 359 g/mol. The Morgan fingerprint density at radius 3 is 2.77 bits per heavy atom. The predicted molar refractivity (Wildman–Crippen MR) is 98.3 cm³/mol. The molecule has 1 saturated heterocycles. The molecule has 0 bridgehead atoms. The van der Waals surface area contributed by atoms with Crippen LogP contribution in [0.25, 0.3) is 10.9 Å². The van der Waals surface area contributed by atoms with Crippen LogP contribution < -0.4 is 4.90 Å². The van der Waals surface area contributed by atoms with Crippen LogP contribution in [-0.4, -0.2) is 28.0 Å². The van der Waals surface area contributed by atoms with E-state index in [9.17, 15) is 14.5 Å². The molecule has 0 spiro atoms. The zero-order valence-corrected chi connectivity index (χ0v) is 14.5. The molecule has 1 aliphatic rings. The van der Waals surface area contributed by atoms with Gasteiger partial charge >= 0.3 is 0 Å². The summed E-state index contributed by atoms with van der Waals surface area (Å²) in [6.07, 6.45) is 5.00. The van der Waals surface area contributed by atoms with Gasteiger partial charge in [0.25, 0.3) is 5.69 Å². The van der Waals surface area contributed by atoms with Crippen LogP contribution in [-0.2, 0) is 0 Å². The Balaban J connectivity index is 1.51. The first-order valence-electron chi connectivity index (χ1n) is 8.34. The molecule has 0 saturated carbocycles. The Hall–Kier alpha value is -2.67. The van der Waals surface area contributed by atoms with E-state index in [2.05, 4.69) is 14.9 Å². The first-order valence-corrected chi connectivity index (χ1v) is 8.72. The highest BCUT2D eigenvalue weighted by molar-refractivity contribution is 6.33. The molecular formula is C18H16ClFN4O2. The summed E-state index contributed by atoms with van der Waals surface area (Å²) in [5.41, 5.74) is 1.89. The van der Waals surface area contributed by atoms with Crippen LogP contribution in [0.1, 0.15) is 24.3 Å². The van der Waals surface area contributed by atoms with Gasteiger partial charge in [-0.25, -0.2) is 9.37 Å². The van der Waals surface area contributed by atoms with Crippen molar-refractivity contribution in [1.82, 2.24) is 9.97 Å². The number of aromatic nitrogens is 2. The summed E-state index contributed by atoms with van der Waals surface area (Å²) in [5, 5.41) is 12.2. The average Bonchev–Trinajstić information content (AvgIpc) is 3.04. The highest BCUT2D eigenvalue weighted by atomic mass is 35.5. The van der Waals surface area contributed by atoms with Crippen LogP contribution in [0, 0.1) is 15.9 Å². The van der Waals surface area contributed by atoms with Gasteiger partial charge in [-0.15, -0.1) is 0 Å². The summed E-state index contributed by atoms with van der Waals surface area (Å²) in [4.78, 5) is 19.7. The number of nitro groups is 1. The summed E-state index contributed by atoms with van der Waals surface area (Å²) in [6.45, 7) is 1.51. The Bertz CT molecular complexity index is 982. The molecule has 2 aromatic heterocycles. The van der Waals surface area contributed by atoms with E-state index >= 15 is 0 Å². The lowest BCUT2D eigenvalue weighted by Gasteiger charge is -2.33. The van der Waals surface area contributed by atoms with Crippen molar-refractivity contribution in [2.75, 3.05) is 18.0 Å². The lowest BCUT2D eigenvalue weighted by Crippen LogP contribution is -2.33. The maximum Gasteiger partial charge on any atom is 0.289 e. The minimum Gasteiger partial charge on any atom is -0.361 e. The van der Waals surface area contributed by atoms with Crippen molar-refractivity contribution in [1.29, 1.82) is 0 Å². The van der Waals surface area contributed by atoms with Crippen LogP contribution >= 0.6 is 11.6 Å². The number of hydrogen-bond donors (Lipinski definition) is 1. The van der Waals surface area contributed by atoms with Crippen LogP contribution in [0.15, 0.2) is 36.7 Å². The average molecular weight is 375 g/mol. The van der Waals surface area contributed by atoms with Crippen molar-refractivity contribution < 1.29 is 9.31 Å². The van der Waals surface area contributed by atoms with Crippen LogP contribution in [0.4, 0.5) is 15.9 Å². The Morgan fingerprint density at radius 2 is 2.08 bits per heavy atom. The largest absolute Gasteiger partial charge is 0.361 e. The maximum absolute atomic E-state index is 13.4. The van der Waals surface area contributed by atoms with E-state index in [-0.39, 0.29) is 11.5 Å².